The fourth-order valence-electron chi connectivity index (χ4n) is 4.94. The average molecular weight is 462 g/mol. The van der Waals surface area contributed by atoms with Gasteiger partial charge in [0.1, 0.15) is 23.3 Å². The van der Waals surface area contributed by atoms with Gasteiger partial charge in [-0.05, 0) is 68.4 Å². The molecule has 2 aliphatic heterocycles. The molecule has 3 heterocycles. The number of carbonyl (C=O) groups is 2. The van der Waals surface area contributed by atoms with E-state index in [4.69, 9.17) is 4.74 Å². The summed E-state index contributed by atoms with van der Waals surface area (Å²) in [4.78, 5) is 31.7. The highest BCUT2D eigenvalue weighted by molar-refractivity contribution is 5.85. The molecule has 2 bridgehead atoms. The Morgan fingerprint density at radius 2 is 1.79 bits per heavy atom. The number of carbonyl (C=O) groups excluding carboxylic acids is 2. The van der Waals surface area contributed by atoms with Crippen LogP contribution in [0.1, 0.15) is 37.7 Å². The van der Waals surface area contributed by atoms with E-state index in [9.17, 15) is 9.59 Å². The van der Waals surface area contributed by atoms with Gasteiger partial charge in [0.25, 0.3) is 0 Å². The van der Waals surface area contributed by atoms with Crippen molar-refractivity contribution in [3.63, 3.8) is 0 Å². The van der Waals surface area contributed by atoms with Crippen LogP contribution in [-0.2, 0) is 22.6 Å². The van der Waals surface area contributed by atoms with Gasteiger partial charge >= 0.3 is 0 Å². The molecule has 34 heavy (non-hydrogen) atoms. The zero-order valence-corrected chi connectivity index (χ0v) is 19.4. The molecule has 0 saturated carbocycles. The zero-order valence-electron chi connectivity index (χ0n) is 19.4. The van der Waals surface area contributed by atoms with Gasteiger partial charge in [0.15, 0.2) is 0 Å². The van der Waals surface area contributed by atoms with Crippen LogP contribution in [0.2, 0.25) is 0 Å². The van der Waals surface area contributed by atoms with E-state index in [1.807, 2.05) is 41.3 Å². The molecule has 8 heteroatoms. The van der Waals surface area contributed by atoms with E-state index in [0.29, 0.717) is 19.6 Å². The van der Waals surface area contributed by atoms with Crippen LogP contribution in [0.4, 0.5) is 0 Å². The Labute approximate surface area is 199 Å². The summed E-state index contributed by atoms with van der Waals surface area (Å²) in [6.07, 6.45) is 5.64. The number of fused-ring (bicyclic) bond motifs is 4. The highest BCUT2D eigenvalue weighted by atomic mass is 16.5. The first kappa shape index (κ1) is 22.4. The van der Waals surface area contributed by atoms with Gasteiger partial charge < -0.3 is 14.5 Å². The lowest BCUT2D eigenvalue weighted by Gasteiger charge is -2.37. The van der Waals surface area contributed by atoms with Gasteiger partial charge in [-0.25, -0.2) is 0 Å². The summed E-state index contributed by atoms with van der Waals surface area (Å²) < 4.78 is 5.95. The summed E-state index contributed by atoms with van der Waals surface area (Å²) in [5.41, 5.74) is 2.74. The Morgan fingerprint density at radius 1 is 0.971 bits per heavy atom. The fourth-order valence-corrected chi connectivity index (χ4v) is 4.94. The van der Waals surface area contributed by atoms with Gasteiger partial charge in [0, 0.05) is 19.1 Å². The minimum atomic E-state index is -0.156. The summed E-state index contributed by atoms with van der Waals surface area (Å²) in [5, 5.41) is 8.82. The van der Waals surface area contributed by atoms with Crippen molar-refractivity contribution >= 4 is 22.8 Å². The molecule has 1 aromatic heterocycles. The Hall–Kier alpha value is -3.42. The lowest BCUT2D eigenvalue weighted by atomic mass is 9.95. The van der Waals surface area contributed by atoms with Crippen LogP contribution in [0.3, 0.4) is 0 Å². The number of benzene rings is 2. The van der Waals surface area contributed by atoms with Gasteiger partial charge in [0.2, 0.25) is 11.8 Å². The smallest absolute Gasteiger partial charge is 0.246 e. The number of rotatable bonds is 2. The maximum Gasteiger partial charge on any atom is 0.246 e. The van der Waals surface area contributed by atoms with Crippen molar-refractivity contribution in [1.29, 1.82) is 0 Å². The maximum atomic E-state index is 13.4. The molecule has 1 unspecified atom stereocenters. The lowest BCUT2D eigenvalue weighted by molar-refractivity contribution is -0.143. The predicted molar refractivity (Wildman–Crippen MR) is 128 cm³/mol. The number of amides is 2. The third kappa shape index (κ3) is 5.21. The van der Waals surface area contributed by atoms with E-state index in [0.717, 1.165) is 55.4 Å². The first-order valence-corrected chi connectivity index (χ1v) is 12.2. The van der Waals surface area contributed by atoms with Crippen LogP contribution >= 0.6 is 0 Å². The number of nitrogens with zero attached hydrogens (tertiary/aromatic N) is 5. The van der Waals surface area contributed by atoms with Crippen LogP contribution in [0.5, 0.6) is 5.75 Å². The molecule has 178 valence electrons. The van der Waals surface area contributed by atoms with Crippen LogP contribution in [0.15, 0.2) is 48.5 Å². The Morgan fingerprint density at radius 3 is 2.62 bits per heavy atom. The number of hydrogen-bond acceptors (Lipinski definition) is 5. The molecule has 5 rings (SSSR count). The molecule has 0 aliphatic carbocycles. The van der Waals surface area contributed by atoms with Crippen molar-refractivity contribution in [3.8, 4) is 5.75 Å². The Kier molecular flexibility index (Phi) is 6.74. The third-order valence-corrected chi connectivity index (χ3v) is 6.74. The van der Waals surface area contributed by atoms with Crippen molar-refractivity contribution in [1.82, 2.24) is 24.8 Å². The minimum absolute atomic E-state index is 0.00823. The monoisotopic (exact) mass is 461 g/mol. The number of aromatic nitrogens is 3. The highest BCUT2D eigenvalue weighted by Crippen LogP contribution is 2.23. The first-order chi connectivity index (χ1) is 16.7. The van der Waals surface area contributed by atoms with Crippen LogP contribution < -0.4 is 4.74 Å². The number of piperidine rings is 1. The largest absolute Gasteiger partial charge is 0.494 e. The van der Waals surface area contributed by atoms with E-state index >= 15 is 0 Å². The molecular formula is C26H31N5O3. The topological polar surface area (TPSA) is 80.6 Å². The molecule has 2 aromatic carbocycles. The van der Waals surface area contributed by atoms with Gasteiger partial charge in [-0.2, -0.15) is 15.0 Å². The minimum Gasteiger partial charge on any atom is -0.494 e. The van der Waals surface area contributed by atoms with Crippen LogP contribution in [0.25, 0.3) is 11.0 Å². The molecule has 8 nitrogen and oxygen atoms in total. The molecule has 0 spiro atoms. The number of hydrogen-bond donors (Lipinski definition) is 0. The van der Waals surface area contributed by atoms with E-state index < -0.39 is 0 Å². The third-order valence-electron chi connectivity index (χ3n) is 6.74. The Balaban J connectivity index is 1.34. The van der Waals surface area contributed by atoms with Crippen molar-refractivity contribution < 1.29 is 14.3 Å². The SMILES string of the molecule is O=C(Cn1nc2ccccc2n1)N1CCCOc2cccc(c2)CCC2CCCCN2C(=O)C1. The van der Waals surface area contributed by atoms with Crippen molar-refractivity contribution in [2.24, 2.45) is 0 Å². The summed E-state index contributed by atoms with van der Waals surface area (Å²) in [6.45, 7) is 1.79. The summed E-state index contributed by atoms with van der Waals surface area (Å²) in [5.74, 6) is 0.733. The van der Waals surface area contributed by atoms with E-state index in [1.54, 1.807) is 4.90 Å². The normalized spacial score (nSPS) is 19.9. The molecular weight excluding hydrogens is 430 g/mol. The van der Waals surface area contributed by atoms with Crippen molar-refractivity contribution in [2.75, 3.05) is 26.2 Å². The van der Waals surface area contributed by atoms with Gasteiger partial charge in [-0.3, -0.25) is 9.59 Å². The zero-order chi connectivity index (χ0) is 23.3. The van der Waals surface area contributed by atoms with E-state index in [-0.39, 0.29) is 30.9 Å². The quantitative estimate of drug-likeness (QED) is 0.586. The standard InChI is InChI=1S/C26H31N5O3/c32-25(19-31-27-23-10-1-2-11-24(23)28-31)29-14-6-16-34-22-9-5-7-20(17-22)12-13-21-8-3-4-15-30(21)26(33)18-29/h1-2,5,7,9-11,17,21H,3-4,6,8,12-16,18-19H2. The first-order valence-electron chi connectivity index (χ1n) is 12.2. The molecule has 0 radical (unpaired) electrons. The Bertz CT molecular complexity index is 1130. The molecule has 2 amide bonds. The highest BCUT2D eigenvalue weighted by Gasteiger charge is 2.29. The van der Waals surface area contributed by atoms with Gasteiger partial charge in [0.05, 0.1) is 13.2 Å². The molecule has 2 aliphatic rings. The maximum absolute atomic E-state index is 13.4. The van der Waals surface area contributed by atoms with E-state index in [1.165, 1.54) is 10.4 Å². The fraction of sp³-hybridized carbons (Fsp3) is 0.462. The second-order valence-corrected chi connectivity index (χ2v) is 9.16. The molecule has 3 aromatic rings. The van der Waals surface area contributed by atoms with Gasteiger partial charge in [-0.1, -0.05) is 24.3 Å². The molecule has 1 saturated heterocycles. The second kappa shape index (κ2) is 10.2. The van der Waals surface area contributed by atoms with Crippen LogP contribution in [0, 0.1) is 0 Å². The number of aryl methyl sites for hydroxylation is 1. The molecule has 1 atom stereocenters. The predicted octanol–water partition coefficient (Wildman–Crippen LogP) is 3.06. The van der Waals surface area contributed by atoms with Crippen LogP contribution in [-0.4, -0.2) is 68.9 Å². The van der Waals surface area contributed by atoms with E-state index in [2.05, 4.69) is 22.3 Å². The second-order valence-electron chi connectivity index (χ2n) is 9.16. The van der Waals surface area contributed by atoms with Gasteiger partial charge in [-0.15, -0.1) is 0 Å². The number of ether oxygens (including phenoxy) is 1. The average Bonchev–Trinajstić information content (AvgIpc) is 3.26. The van der Waals surface area contributed by atoms with Crippen molar-refractivity contribution in [2.45, 2.75) is 51.1 Å². The van der Waals surface area contributed by atoms with Crippen molar-refractivity contribution in [3.05, 3.63) is 54.1 Å². The summed E-state index contributed by atoms with van der Waals surface area (Å²) in [7, 11) is 0. The summed E-state index contributed by atoms with van der Waals surface area (Å²) in [6, 6.07) is 16.0. The lowest BCUT2D eigenvalue weighted by Crippen LogP contribution is -2.50. The molecule has 1 fully saturated rings. The summed E-state index contributed by atoms with van der Waals surface area (Å²) >= 11 is 0. The molecule has 0 N–H and O–H groups in total.